The Hall–Kier alpha value is -0.980. The molecule has 2 rings (SSSR count). The van der Waals surface area contributed by atoms with Crippen LogP contribution in [0, 0.1) is 6.92 Å². The van der Waals surface area contributed by atoms with Crippen molar-refractivity contribution in [1.29, 1.82) is 0 Å². The molecule has 1 saturated carbocycles. The number of aryl methyl sites for hydroxylation is 1. The average Bonchev–Trinajstić information content (AvgIpc) is 2.92. The summed E-state index contributed by atoms with van der Waals surface area (Å²) in [6.45, 7) is 6.61. The van der Waals surface area contributed by atoms with Crippen LogP contribution in [0.15, 0.2) is 18.2 Å². The van der Waals surface area contributed by atoms with Gasteiger partial charge < -0.3 is 4.74 Å². The van der Waals surface area contributed by atoms with Crippen LogP contribution in [-0.2, 0) is 0 Å². The lowest BCUT2D eigenvalue weighted by molar-refractivity contribution is 0.302. The molecule has 76 valence electrons. The van der Waals surface area contributed by atoms with E-state index in [-0.39, 0.29) is 0 Å². The molecule has 0 unspecified atom stereocenters. The Bertz CT molecular complexity index is 324. The molecule has 1 aromatic rings. The van der Waals surface area contributed by atoms with Crippen LogP contribution in [-0.4, -0.2) is 6.10 Å². The fourth-order valence-electron chi connectivity index (χ4n) is 1.69. The molecular weight excluding hydrogens is 172 g/mol. The third-order valence-corrected chi connectivity index (χ3v) is 2.70. The zero-order valence-electron chi connectivity index (χ0n) is 9.21. The zero-order chi connectivity index (χ0) is 10.1. The van der Waals surface area contributed by atoms with E-state index in [0.717, 1.165) is 5.75 Å². The highest BCUT2D eigenvalue weighted by Crippen LogP contribution is 2.29. The molecule has 0 atom stereocenters. The standard InChI is InChI=1S/C13H18O/c1-9(2)13-8-12(5-4-10(13)3)14-11-6-7-11/h4-5,8-9,11H,6-7H2,1-3H3. The highest BCUT2D eigenvalue weighted by Gasteiger charge is 2.23. The molecule has 1 fully saturated rings. The minimum Gasteiger partial charge on any atom is -0.490 e. The first kappa shape index (κ1) is 9.57. The summed E-state index contributed by atoms with van der Waals surface area (Å²) in [6, 6.07) is 6.44. The van der Waals surface area contributed by atoms with Gasteiger partial charge in [-0.15, -0.1) is 0 Å². The van der Waals surface area contributed by atoms with Crippen molar-refractivity contribution in [2.75, 3.05) is 0 Å². The van der Waals surface area contributed by atoms with Crippen LogP contribution in [0.1, 0.15) is 43.7 Å². The quantitative estimate of drug-likeness (QED) is 0.706. The van der Waals surface area contributed by atoms with Crippen molar-refractivity contribution in [3.8, 4) is 5.75 Å². The maximum Gasteiger partial charge on any atom is 0.120 e. The van der Waals surface area contributed by atoms with Gasteiger partial charge in [0.05, 0.1) is 6.10 Å². The summed E-state index contributed by atoms with van der Waals surface area (Å²) in [5.74, 6) is 1.62. The lowest BCUT2D eigenvalue weighted by atomic mass is 9.98. The monoisotopic (exact) mass is 190 g/mol. The summed E-state index contributed by atoms with van der Waals surface area (Å²) in [5, 5.41) is 0. The number of ether oxygens (including phenoxy) is 1. The summed E-state index contributed by atoms with van der Waals surface area (Å²) in [4.78, 5) is 0. The van der Waals surface area contributed by atoms with Crippen LogP contribution in [0.3, 0.4) is 0 Å². The number of hydrogen-bond donors (Lipinski definition) is 0. The first-order valence-electron chi connectivity index (χ1n) is 5.44. The van der Waals surface area contributed by atoms with Crippen molar-refractivity contribution in [2.24, 2.45) is 0 Å². The Kier molecular flexibility index (Phi) is 2.49. The van der Waals surface area contributed by atoms with E-state index in [0.29, 0.717) is 12.0 Å². The van der Waals surface area contributed by atoms with Gasteiger partial charge in [0.1, 0.15) is 5.75 Å². The molecule has 0 spiro atoms. The van der Waals surface area contributed by atoms with E-state index in [2.05, 4.69) is 39.0 Å². The number of hydrogen-bond acceptors (Lipinski definition) is 1. The van der Waals surface area contributed by atoms with Crippen LogP contribution < -0.4 is 4.74 Å². The van der Waals surface area contributed by atoms with Gasteiger partial charge in [-0.25, -0.2) is 0 Å². The molecule has 0 amide bonds. The molecule has 1 aliphatic carbocycles. The lowest BCUT2D eigenvalue weighted by Gasteiger charge is -2.12. The average molecular weight is 190 g/mol. The molecule has 0 aromatic heterocycles. The lowest BCUT2D eigenvalue weighted by Crippen LogP contribution is -1.98. The maximum atomic E-state index is 5.77. The molecule has 0 bridgehead atoms. The maximum absolute atomic E-state index is 5.77. The van der Waals surface area contributed by atoms with E-state index in [1.54, 1.807) is 0 Å². The predicted molar refractivity (Wildman–Crippen MR) is 58.9 cm³/mol. The Balaban J connectivity index is 2.20. The highest BCUT2D eigenvalue weighted by atomic mass is 16.5. The van der Waals surface area contributed by atoms with Gasteiger partial charge in [-0.3, -0.25) is 0 Å². The minimum atomic E-state index is 0.498. The summed E-state index contributed by atoms with van der Waals surface area (Å²) < 4.78 is 5.77. The van der Waals surface area contributed by atoms with E-state index in [1.807, 2.05) is 0 Å². The van der Waals surface area contributed by atoms with Crippen molar-refractivity contribution >= 4 is 0 Å². The molecular formula is C13H18O. The van der Waals surface area contributed by atoms with Crippen LogP contribution in [0.4, 0.5) is 0 Å². The normalized spacial score (nSPS) is 16.0. The Morgan fingerprint density at radius 2 is 2.00 bits per heavy atom. The molecule has 0 N–H and O–H groups in total. The van der Waals surface area contributed by atoms with Gasteiger partial charge in [-0.2, -0.15) is 0 Å². The molecule has 0 radical (unpaired) electrons. The van der Waals surface area contributed by atoms with E-state index in [4.69, 9.17) is 4.74 Å². The third-order valence-electron chi connectivity index (χ3n) is 2.70. The van der Waals surface area contributed by atoms with Crippen molar-refractivity contribution < 1.29 is 4.74 Å². The smallest absolute Gasteiger partial charge is 0.120 e. The summed E-state index contributed by atoms with van der Waals surface area (Å²) in [6.07, 6.45) is 2.95. The molecule has 1 aromatic carbocycles. The number of benzene rings is 1. The second-order valence-electron chi connectivity index (χ2n) is 4.49. The summed E-state index contributed by atoms with van der Waals surface area (Å²) in [7, 11) is 0. The summed E-state index contributed by atoms with van der Waals surface area (Å²) in [5.41, 5.74) is 2.77. The molecule has 14 heavy (non-hydrogen) atoms. The fourth-order valence-corrected chi connectivity index (χ4v) is 1.69. The molecule has 1 heteroatoms. The highest BCUT2D eigenvalue weighted by molar-refractivity contribution is 5.36. The molecule has 0 saturated heterocycles. The van der Waals surface area contributed by atoms with Gasteiger partial charge in [-0.1, -0.05) is 19.9 Å². The van der Waals surface area contributed by atoms with Crippen molar-refractivity contribution in [1.82, 2.24) is 0 Å². The number of rotatable bonds is 3. The van der Waals surface area contributed by atoms with E-state index < -0.39 is 0 Å². The van der Waals surface area contributed by atoms with Crippen LogP contribution >= 0.6 is 0 Å². The van der Waals surface area contributed by atoms with Gasteiger partial charge in [0.25, 0.3) is 0 Å². The van der Waals surface area contributed by atoms with Gasteiger partial charge in [-0.05, 0) is 48.9 Å². The van der Waals surface area contributed by atoms with Crippen molar-refractivity contribution in [3.05, 3.63) is 29.3 Å². The largest absolute Gasteiger partial charge is 0.490 e. The second-order valence-corrected chi connectivity index (χ2v) is 4.49. The first-order valence-corrected chi connectivity index (χ1v) is 5.44. The third kappa shape index (κ3) is 2.09. The topological polar surface area (TPSA) is 9.23 Å². The molecule has 0 heterocycles. The van der Waals surface area contributed by atoms with E-state index >= 15 is 0 Å². The Morgan fingerprint density at radius 1 is 1.29 bits per heavy atom. The Labute approximate surface area is 86.1 Å². The minimum absolute atomic E-state index is 0.498. The van der Waals surface area contributed by atoms with Gasteiger partial charge in [0.2, 0.25) is 0 Å². The van der Waals surface area contributed by atoms with Gasteiger partial charge in [0, 0.05) is 0 Å². The Morgan fingerprint density at radius 3 is 2.57 bits per heavy atom. The van der Waals surface area contributed by atoms with Gasteiger partial charge in [0.15, 0.2) is 0 Å². The van der Waals surface area contributed by atoms with Crippen LogP contribution in [0.5, 0.6) is 5.75 Å². The molecule has 1 aliphatic rings. The van der Waals surface area contributed by atoms with Crippen molar-refractivity contribution in [3.63, 3.8) is 0 Å². The van der Waals surface area contributed by atoms with E-state index in [1.165, 1.54) is 24.0 Å². The van der Waals surface area contributed by atoms with E-state index in [9.17, 15) is 0 Å². The van der Waals surface area contributed by atoms with Crippen molar-refractivity contribution in [2.45, 2.75) is 45.6 Å². The summed E-state index contributed by atoms with van der Waals surface area (Å²) >= 11 is 0. The van der Waals surface area contributed by atoms with Crippen LogP contribution in [0.25, 0.3) is 0 Å². The fraction of sp³-hybridized carbons (Fsp3) is 0.538. The predicted octanol–water partition coefficient (Wildman–Crippen LogP) is 3.66. The second kappa shape index (κ2) is 3.64. The zero-order valence-corrected chi connectivity index (χ0v) is 9.21. The molecule has 1 nitrogen and oxygen atoms in total. The molecule has 0 aliphatic heterocycles. The first-order chi connectivity index (χ1) is 6.66. The SMILES string of the molecule is Cc1ccc(OC2CC2)cc1C(C)C. The van der Waals surface area contributed by atoms with Crippen LogP contribution in [0.2, 0.25) is 0 Å². The van der Waals surface area contributed by atoms with Gasteiger partial charge >= 0.3 is 0 Å².